The van der Waals surface area contributed by atoms with Crippen LogP contribution >= 0.6 is 0 Å². The molecule has 1 aliphatic rings. The first kappa shape index (κ1) is 24.4. The molecule has 1 fully saturated rings. The highest BCUT2D eigenvalue weighted by Crippen LogP contribution is 2.31. The Kier molecular flexibility index (Phi) is 8.46. The number of hydrogen-bond donors (Lipinski definition) is 0. The monoisotopic (exact) mass is 450 g/mol. The van der Waals surface area contributed by atoms with Crippen LogP contribution in [0.15, 0.2) is 24.3 Å². The van der Waals surface area contributed by atoms with Gasteiger partial charge < -0.3 is 4.74 Å². The molecule has 32 heavy (non-hydrogen) atoms. The minimum atomic E-state index is -1.06. The molecule has 174 valence electrons. The maximum Gasteiger partial charge on any atom is 0.162 e. The lowest BCUT2D eigenvalue weighted by Crippen LogP contribution is -2.33. The van der Waals surface area contributed by atoms with Crippen LogP contribution in [0, 0.1) is 23.3 Å². The van der Waals surface area contributed by atoms with Gasteiger partial charge in [-0.05, 0) is 54.5 Å². The first-order valence-corrected chi connectivity index (χ1v) is 11.4. The SMILES string of the molecule is CCCCCc1cc(Cc2cc(F)c(F)c(C3COC(CCC)CC3=O)c2)cc(F)c1F. The Morgan fingerprint density at radius 2 is 1.59 bits per heavy atom. The van der Waals surface area contributed by atoms with Gasteiger partial charge in [0.15, 0.2) is 23.3 Å². The maximum absolute atomic E-state index is 14.6. The van der Waals surface area contributed by atoms with Gasteiger partial charge in [0, 0.05) is 12.0 Å². The molecule has 0 aromatic heterocycles. The lowest BCUT2D eigenvalue weighted by molar-refractivity contribution is -0.131. The largest absolute Gasteiger partial charge is 0.377 e. The van der Waals surface area contributed by atoms with Crippen molar-refractivity contribution < 1.29 is 27.1 Å². The highest BCUT2D eigenvalue weighted by atomic mass is 19.2. The first-order valence-electron chi connectivity index (χ1n) is 11.4. The minimum Gasteiger partial charge on any atom is -0.377 e. The second-order valence-corrected chi connectivity index (χ2v) is 8.63. The first-order chi connectivity index (χ1) is 15.3. The molecule has 2 aromatic carbocycles. The van der Waals surface area contributed by atoms with Gasteiger partial charge in [0.1, 0.15) is 5.78 Å². The van der Waals surface area contributed by atoms with E-state index in [1.807, 2.05) is 13.8 Å². The number of rotatable bonds is 9. The number of Topliss-reactive ketones (excluding diaryl/α,β-unsaturated/α-hetero) is 1. The zero-order chi connectivity index (χ0) is 23.3. The number of hydrogen-bond acceptors (Lipinski definition) is 2. The molecule has 0 amide bonds. The van der Waals surface area contributed by atoms with Gasteiger partial charge in [0.2, 0.25) is 0 Å². The van der Waals surface area contributed by atoms with E-state index in [-0.39, 0.29) is 42.5 Å². The molecule has 0 spiro atoms. The molecule has 0 bridgehead atoms. The van der Waals surface area contributed by atoms with Crippen molar-refractivity contribution in [1.82, 2.24) is 0 Å². The number of halogens is 4. The fraction of sp³-hybridized carbons (Fsp3) is 0.500. The molecule has 0 saturated carbocycles. The van der Waals surface area contributed by atoms with Crippen LogP contribution in [0.4, 0.5) is 17.6 Å². The zero-order valence-corrected chi connectivity index (χ0v) is 18.7. The highest BCUT2D eigenvalue weighted by molar-refractivity contribution is 5.87. The van der Waals surface area contributed by atoms with Gasteiger partial charge in [0.05, 0.1) is 18.6 Å². The summed E-state index contributed by atoms with van der Waals surface area (Å²) in [5.74, 6) is -4.97. The van der Waals surface area contributed by atoms with Gasteiger partial charge in [-0.1, -0.05) is 45.2 Å². The number of benzene rings is 2. The van der Waals surface area contributed by atoms with Gasteiger partial charge >= 0.3 is 0 Å². The molecule has 6 heteroatoms. The average Bonchev–Trinajstić information content (AvgIpc) is 2.75. The molecule has 0 radical (unpaired) electrons. The third kappa shape index (κ3) is 5.77. The van der Waals surface area contributed by atoms with Crippen LogP contribution in [-0.4, -0.2) is 18.5 Å². The molecule has 1 heterocycles. The zero-order valence-electron chi connectivity index (χ0n) is 18.7. The number of ether oxygens (including phenoxy) is 1. The predicted octanol–water partition coefficient (Wildman–Crippen LogP) is 6.81. The highest BCUT2D eigenvalue weighted by Gasteiger charge is 2.32. The average molecular weight is 451 g/mol. The summed E-state index contributed by atoms with van der Waals surface area (Å²) < 4.78 is 63.0. The van der Waals surface area contributed by atoms with Crippen molar-refractivity contribution in [3.63, 3.8) is 0 Å². The quantitative estimate of drug-likeness (QED) is 0.310. The van der Waals surface area contributed by atoms with Gasteiger partial charge in [-0.3, -0.25) is 4.79 Å². The van der Waals surface area contributed by atoms with Crippen molar-refractivity contribution >= 4 is 5.78 Å². The smallest absolute Gasteiger partial charge is 0.162 e. The van der Waals surface area contributed by atoms with E-state index >= 15 is 0 Å². The Morgan fingerprint density at radius 3 is 2.25 bits per heavy atom. The molecule has 1 saturated heterocycles. The second-order valence-electron chi connectivity index (χ2n) is 8.63. The molecule has 1 aliphatic heterocycles. The van der Waals surface area contributed by atoms with Crippen molar-refractivity contribution in [2.24, 2.45) is 0 Å². The van der Waals surface area contributed by atoms with Crippen LogP contribution < -0.4 is 0 Å². The molecule has 0 aliphatic carbocycles. The van der Waals surface area contributed by atoms with Crippen LogP contribution in [0.3, 0.4) is 0 Å². The van der Waals surface area contributed by atoms with Gasteiger partial charge in [-0.2, -0.15) is 0 Å². The third-order valence-corrected chi connectivity index (χ3v) is 6.04. The predicted molar refractivity (Wildman–Crippen MR) is 116 cm³/mol. The van der Waals surface area contributed by atoms with Gasteiger partial charge in [-0.25, -0.2) is 17.6 Å². The van der Waals surface area contributed by atoms with Crippen molar-refractivity contribution in [1.29, 1.82) is 0 Å². The fourth-order valence-corrected chi connectivity index (χ4v) is 4.34. The van der Waals surface area contributed by atoms with E-state index in [2.05, 4.69) is 0 Å². The van der Waals surface area contributed by atoms with Crippen LogP contribution in [0.25, 0.3) is 0 Å². The molecular formula is C26H30F4O2. The van der Waals surface area contributed by atoms with Gasteiger partial charge in [0.25, 0.3) is 0 Å². The molecule has 2 unspecified atom stereocenters. The number of unbranched alkanes of at least 4 members (excludes halogenated alkanes) is 2. The summed E-state index contributed by atoms with van der Waals surface area (Å²) in [5.41, 5.74) is 1.12. The lowest BCUT2D eigenvalue weighted by Gasteiger charge is -2.28. The van der Waals surface area contributed by atoms with E-state index in [4.69, 9.17) is 4.74 Å². The van der Waals surface area contributed by atoms with Crippen molar-refractivity contribution in [3.8, 4) is 0 Å². The Bertz CT molecular complexity index is 957. The van der Waals surface area contributed by atoms with E-state index in [1.54, 1.807) is 6.07 Å². The number of ketones is 1. The van der Waals surface area contributed by atoms with Gasteiger partial charge in [-0.15, -0.1) is 0 Å². The number of carbonyl (C=O) groups is 1. The number of carbonyl (C=O) groups excluding carboxylic acids is 1. The summed E-state index contributed by atoms with van der Waals surface area (Å²) in [5, 5.41) is 0. The van der Waals surface area contributed by atoms with E-state index in [0.29, 0.717) is 17.5 Å². The van der Waals surface area contributed by atoms with Crippen LogP contribution in [0.1, 0.15) is 80.5 Å². The second kappa shape index (κ2) is 11.1. The van der Waals surface area contributed by atoms with Crippen LogP contribution in [-0.2, 0) is 22.4 Å². The Morgan fingerprint density at radius 1 is 0.906 bits per heavy atom. The Balaban J connectivity index is 1.84. The topological polar surface area (TPSA) is 26.3 Å². The molecule has 2 aromatic rings. The molecule has 2 nitrogen and oxygen atoms in total. The summed E-state index contributed by atoms with van der Waals surface area (Å²) in [6.07, 6.45) is 4.74. The normalized spacial score (nSPS) is 18.9. The minimum absolute atomic E-state index is 0.00999. The summed E-state index contributed by atoms with van der Waals surface area (Å²) in [7, 11) is 0. The number of aryl methyl sites for hydroxylation is 1. The summed E-state index contributed by atoms with van der Waals surface area (Å²) >= 11 is 0. The molecule has 2 atom stereocenters. The van der Waals surface area contributed by atoms with E-state index in [0.717, 1.165) is 44.2 Å². The molecule has 0 N–H and O–H groups in total. The van der Waals surface area contributed by atoms with E-state index < -0.39 is 29.2 Å². The van der Waals surface area contributed by atoms with Crippen molar-refractivity contribution in [2.75, 3.05) is 6.61 Å². The summed E-state index contributed by atoms with van der Waals surface area (Å²) in [6.45, 7) is 4.03. The summed E-state index contributed by atoms with van der Waals surface area (Å²) in [4.78, 5) is 12.6. The Labute approximate surface area is 187 Å². The van der Waals surface area contributed by atoms with E-state index in [1.165, 1.54) is 6.07 Å². The Hall–Kier alpha value is -2.21. The summed E-state index contributed by atoms with van der Waals surface area (Å²) in [6, 6.07) is 5.16. The molecular weight excluding hydrogens is 420 g/mol. The fourth-order valence-electron chi connectivity index (χ4n) is 4.34. The third-order valence-electron chi connectivity index (χ3n) is 6.04. The maximum atomic E-state index is 14.6. The van der Waals surface area contributed by atoms with Crippen molar-refractivity contribution in [2.45, 2.75) is 77.2 Å². The lowest BCUT2D eigenvalue weighted by atomic mass is 9.87. The standard InChI is InChI=1S/C26H30F4O2/c1-3-5-6-8-18-10-16(12-22(27)25(18)29)9-17-11-20(26(30)23(28)13-17)21-15-32-19(7-4-2)14-24(21)31/h10-13,19,21H,3-9,14-15H2,1-2H3. The van der Waals surface area contributed by atoms with Crippen LogP contribution in [0.5, 0.6) is 0 Å². The van der Waals surface area contributed by atoms with E-state index in [9.17, 15) is 22.4 Å². The van der Waals surface area contributed by atoms with Crippen molar-refractivity contribution in [3.05, 3.63) is 69.8 Å². The molecule has 3 rings (SSSR count). The van der Waals surface area contributed by atoms with Crippen LogP contribution in [0.2, 0.25) is 0 Å².